The average molecular weight is 645 g/mol. The summed E-state index contributed by atoms with van der Waals surface area (Å²) in [7, 11) is 0. The Kier molecular flexibility index (Phi) is 10.2. The first-order valence-corrected chi connectivity index (χ1v) is 17.0. The molecule has 8 nitrogen and oxygen atoms in total. The molecule has 8 heteroatoms. The van der Waals surface area contributed by atoms with Crippen LogP contribution in [0.4, 0.5) is 0 Å². The van der Waals surface area contributed by atoms with Gasteiger partial charge in [0.1, 0.15) is 11.0 Å². The number of rotatable bonds is 0. The fraction of sp³-hybridized carbons (Fsp3) is 0.300. The van der Waals surface area contributed by atoms with Crippen LogP contribution in [-0.2, 0) is 0 Å². The van der Waals surface area contributed by atoms with Crippen LogP contribution in [0.25, 0.3) is 21.8 Å². The molecule has 6 bridgehead atoms. The Morgan fingerprint density at radius 3 is 1.08 bits per heavy atom. The first kappa shape index (κ1) is 31.4. The predicted molar refractivity (Wildman–Crippen MR) is 187 cm³/mol. The van der Waals surface area contributed by atoms with Gasteiger partial charge in [-0.15, -0.1) is 0 Å². The van der Waals surface area contributed by atoms with E-state index in [0.29, 0.717) is 83.7 Å². The summed E-state index contributed by atoms with van der Waals surface area (Å²) in [6, 6.07) is 23.3. The zero-order valence-corrected chi connectivity index (χ0v) is 27.1. The lowest BCUT2D eigenvalue weighted by molar-refractivity contribution is 0.270. The van der Waals surface area contributed by atoms with Crippen LogP contribution in [0.5, 0.6) is 46.3 Å². The van der Waals surface area contributed by atoms with Gasteiger partial charge < -0.3 is 28.4 Å². The quantitative estimate of drug-likeness (QED) is 0.122. The average Bonchev–Trinajstić information content (AvgIpc) is 3.11. The molecule has 0 spiro atoms. The molecule has 2 aromatic heterocycles. The Morgan fingerprint density at radius 2 is 0.729 bits per heavy atom. The van der Waals surface area contributed by atoms with E-state index >= 15 is 0 Å². The van der Waals surface area contributed by atoms with Gasteiger partial charge in [-0.3, -0.25) is 0 Å². The van der Waals surface area contributed by atoms with Crippen LogP contribution >= 0.6 is 0 Å². The number of allylic oxidation sites excluding steroid dienone is 4. The number of benzene rings is 3. The van der Waals surface area contributed by atoms with Gasteiger partial charge in [-0.2, -0.15) is 0 Å². The van der Waals surface area contributed by atoms with Crippen molar-refractivity contribution in [2.75, 3.05) is 26.4 Å². The van der Waals surface area contributed by atoms with Crippen LogP contribution in [0.15, 0.2) is 97.1 Å². The van der Waals surface area contributed by atoms with E-state index in [2.05, 4.69) is 24.3 Å². The topological polar surface area (TPSA) is 81.2 Å². The summed E-state index contributed by atoms with van der Waals surface area (Å²) in [4.78, 5) is 9.92. The van der Waals surface area contributed by atoms with E-state index in [0.717, 1.165) is 62.1 Å². The molecule has 0 aliphatic carbocycles. The van der Waals surface area contributed by atoms with Gasteiger partial charge in [-0.25, -0.2) is 9.97 Å². The van der Waals surface area contributed by atoms with E-state index in [9.17, 15) is 0 Å². The maximum atomic E-state index is 6.51. The number of aromatic nitrogens is 2. The molecule has 3 aromatic carbocycles. The van der Waals surface area contributed by atoms with E-state index in [4.69, 9.17) is 38.4 Å². The van der Waals surface area contributed by atoms with E-state index in [1.807, 2.05) is 72.8 Å². The summed E-state index contributed by atoms with van der Waals surface area (Å²) in [6.07, 6.45) is 15.9. The number of hydrogen-bond donors (Lipinski definition) is 0. The molecule has 4 heterocycles. The number of ether oxygens (including phenoxy) is 6. The third-order valence-electron chi connectivity index (χ3n) is 8.19. The molecule has 0 radical (unpaired) electrons. The summed E-state index contributed by atoms with van der Waals surface area (Å²) in [5.74, 6) is 4.33. The normalized spacial score (nSPS) is 17.5. The lowest BCUT2D eigenvalue weighted by Crippen LogP contribution is -2.04. The van der Waals surface area contributed by atoms with Gasteiger partial charge in [0.25, 0.3) is 0 Å². The van der Waals surface area contributed by atoms with E-state index < -0.39 is 0 Å². The molecule has 0 fully saturated rings. The van der Waals surface area contributed by atoms with Gasteiger partial charge in [-0.05, 0) is 87.8 Å². The molecular formula is C40H40N2O6. The molecule has 48 heavy (non-hydrogen) atoms. The van der Waals surface area contributed by atoms with Gasteiger partial charge in [0.15, 0.2) is 23.0 Å². The first-order valence-electron chi connectivity index (χ1n) is 17.0. The minimum Gasteiger partial charge on any atom is -0.490 e. The number of pyridine rings is 2. The zero-order chi connectivity index (χ0) is 32.4. The van der Waals surface area contributed by atoms with Crippen molar-refractivity contribution in [3.05, 3.63) is 97.1 Å². The maximum absolute atomic E-state index is 6.51. The van der Waals surface area contributed by atoms with E-state index in [-0.39, 0.29) is 0 Å². The number of hydrogen-bond acceptors (Lipinski definition) is 8. The second-order valence-corrected chi connectivity index (χ2v) is 11.8. The molecular weight excluding hydrogens is 604 g/mol. The van der Waals surface area contributed by atoms with Crippen LogP contribution in [0.3, 0.4) is 0 Å². The smallest absolute Gasteiger partial charge is 0.220 e. The highest BCUT2D eigenvalue weighted by Gasteiger charge is 2.18. The Balaban J connectivity index is 1.35. The van der Waals surface area contributed by atoms with Crippen molar-refractivity contribution in [2.45, 2.75) is 51.4 Å². The highest BCUT2D eigenvalue weighted by atomic mass is 16.6. The lowest BCUT2D eigenvalue weighted by Gasteiger charge is -2.17. The van der Waals surface area contributed by atoms with Crippen molar-refractivity contribution in [3.63, 3.8) is 0 Å². The summed E-state index contributed by atoms with van der Waals surface area (Å²) in [6.45, 7) is 2.17. The molecule has 0 saturated heterocycles. The van der Waals surface area contributed by atoms with Gasteiger partial charge in [0.2, 0.25) is 23.3 Å². The second-order valence-electron chi connectivity index (χ2n) is 11.8. The van der Waals surface area contributed by atoms with Gasteiger partial charge >= 0.3 is 0 Å². The molecule has 246 valence electrons. The largest absolute Gasteiger partial charge is 0.490 e. The lowest BCUT2D eigenvalue weighted by atomic mass is 10.1. The minimum atomic E-state index is 0.411. The van der Waals surface area contributed by atoms with Crippen molar-refractivity contribution >= 4 is 21.8 Å². The summed E-state index contributed by atoms with van der Waals surface area (Å²) in [5.41, 5.74) is 1.39. The highest BCUT2D eigenvalue weighted by molar-refractivity contribution is 6.03. The van der Waals surface area contributed by atoms with Crippen LogP contribution in [0.2, 0.25) is 0 Å². The van der Waals surface area contributed by atoms with Crippen molar-refractivity contribution in [1.82, 2.24) is 9.97 Å². The maximum Gasteiger partial charge on any atom is 0.220 e. The minimum absolute atomic E-state index is 0.411. The molecule has 2 aliphatic heterocycles. The van der Waals surface area contributed by atoms with E-state index in [1.165, 1.54) is 0 Å². The third-order valence-corrected chi connectivity index (χ3v) is 8.19. The predicted octanol–water partition coefficient (Wildman–Crippen LogP) is 10.1. The summed E-state index contributed by atoms with van der Waals surface area (Å²) >= 11 is 0. The van der Waals surface area contributed by atoms with Crippen molar-refractivity contribution in [1.29, 1.82) is 0 Å². The number of para-hydroxylation sites is 2. The standard InChI is InChI=1S/C40H40N2O6/c1-2-6-10-26-44-32-16-14-18-34-40(32)48-36-24-22-30-20-19-29-21-23-35(41-37(29)38(30)42-36)47-39-31(43-25-9-5-1)15-13-17-33(39)45-27-11-7-3-4-8-12-28-46-34/h1-4,13-24H,5-12,25-28H2/b2-1-,4-3+. The summed E-state index contributed by atoms with van der Waals surface area (Å²) < 4.78 is 38.1. The summed E-state index contributed by atoms with van der Waals surface area (Å²) in [5, 5.41) is 1.86. The van der Waals surface area contributed by atoms with Gasteiger partial charge in [0.05, 0.1) is 26.4 Å². The molecule has 0 amide bonds. The molecule has 0 atom stereocenters. The third kappa shape index (κ3) is 7.65. The SMILES string of the molecule is C1=C\CCCOc2cccc3c2Oc2ccc4ccc5ccc(nc5c4n2)Oc2c(cccc2OCCC/C=C/CCCO3)OCCC/1. The molecule has 0 N–H and O–H groups in total. The molecule has 7 rings (SSSR count). The van der Waals surface area contributed by atoms with Crippen LogP contribution < -0.4 is 28.4 Å². The second kappa shape index (κ2) is 15.6. The van der Waals surface area contributed by atoms with Crippen molar-refractivity contribution < 1.29 is 28.4 Å². The van der Waals surface area contributed by atoms with Crippen molar-refractivity contribution in [3.8, 4) is 46.3 Å². The molecule has 0 unspecified atom stereocenters. The number of nitrogens with zero attached hydrogens (tertiary/aromatic N) is 2. The monoisotopic (exact) mass is 644 g/mol. The van der Waals surface area contributed by atoms with Crippen molar-refractivity contribution in [2.24, 2.45) is 0 Å². The fourth-order valence-electron chi connectivity index (χ4n) is 5.71. The Bertz CT molecular complexity index is 1720. The molecule has 5 aromatic rings. The zero-order valence-electron chi connectivity index (χ0n) is 27.1. The Morgan fingerprint density at radius 1 is 0.396 bits per heavy atom. The Labute approximate surface area is 280 Å². The molecule has 0 saturated carbocycles. The fourth-order valence-corrected chi connectivity index (χ4v) is 5.71. The highest BCUT2D eigenvalue weighted by Crippen LogP contribution is 2.42. The van der Waals surface area contributed by atoms with Gasteiger partial charge in [-0.1, -0.05) is 48.6 Å². The van der Waals surface area contributed by atoms with Gasteiger partial charge in [0, 0.05) is 22.9 Å². The Hall–Kier alpha value is -5.24. The molecule has 2 aliphatic rings. The van der Waals surface area contributed by atoms with E-state index in [1.54, 1.807) is 0 Å². The van der Waals surface area contributed by atoms with Crippen LogP contribution in [0.1, 0.15) is 51.4 Å². The van der Waals surface area contributed by atoms with Crippen LogP contribution in [0, 0.1) is 0 Å². The van der Waals surface area contributed by atoms with Crippen LogP contribution in [-0.4, -0.2) is 36.4 Å². The first-order chi connectivity index (χ1) is 23.8.